The van der Waals surface area contributed by atoms with Crippen LogP contribution in [0.3, 0.4) is 0 Å². The molecule has 1 rings (SSSR count). The van der Waals surface area contributed by atoms with Crippen LogP contribution in [0.5, 0.6) is 0 Å². The molecule has 1 aromatic rings. The minimum Gasteiger partial charge on any atom is -0.384 e. The average Bonchev–Trinajstić information content (AvgIpc) is 2.34. The summed E-state index contributed by atoms with van der Waals surface area (Å²) in [6.45, 7) is 7.56. The molecule has 2 amide bonds. The summed E-state index contributed by atoms with van der Waals surface area (Å²) in [6.07, 6.45) is 0. The second-order valence-corrected chi connectivity index (χ2v) is 5.66. The highest BCUT2D eigenvalue weighted by molar-refractivity contribution is 5.75. The van der Waals surface area contributed by atoms with Crippen molar-refractivity contribution in [2.24, 2.45) is 0 Å². The smallest absolute Gasteiger partial charge is 0.315 e. The van der Waals surface area contributed by atoms with Crippen LogP contribution in [0.1, 0.15) is 44.9 Å². The van der Waals surface area contributed by atoms with E-state index in [2.05, 4.69) is 22.5 Å². The fourth-order valence-corrected chi connectivity index (χ4v) is 1.68. The van der Waals surface area contributed by atoms with E-state index in [9.17, 15) is 4.79 Å². The van der Waals surface area contributed by atoms with Crippen LogP contribution in [0, 0.1) is 11.8 Å². The summed E-state index contributed by atoms with van der Waals surface area (Å²) in [5.41, 5.74) is 1.53. The molecule has 1 aromatic carbocycles. The van der Waals surface area contributed by atoms with Gasteiger partial charge < -0.3 is 15.7 Å². The molecule has 0 radical (unpaired) electrons. The van der Waals surface area contributed by atoms with E-state index in [0.717, 1.165) is 11.1 Å². The Balaban J connectivity index is 2.72. The van der Waals surface area contributed by atoms with Crippen molar-refractivity contribution in [3.05, 3.63) is 35.4 Å². The first-order valence-electron chi connectivity index (χ1n) is 6.60. The molecular formula is C16H22N2O2. The van der Waals surface area contributed by atoms with E-state index in [0.29, 0.717) is 0 Å². The Bertz CT molecular complexity index is 521. The van der Waals surface area contributed by atoms with Crippen molar-refractivity contribution in [3.63, 3.8) is 0 Å². The summed E-state index contributed by atoms with van der Waals surface area (Å²) in [7, 11) is 0. The van der Waals surface area contributed by atoms with Crippen LogP contribution in [0.25, 0.3) is 0 Å². The van der Waals surface area contributed by atoms with E-state index in [1.165, 1.54) is 0 Å². The lowest BCUT2D eigenvalue weighted by molar-refractivity contribution is 0.229. The van der Waals surface area contributed by atoms with E-state index < -0.39 is 0 Å². The molecule has 4 heteroatoms. The molecule has 3 N–H and O–H groups in total. The van der Waals surface area contributed by atoms with Crippen molar-refractivity contribution in [2.75, 3.05) is 6.61 Å². The number of nitrogens with one attached hydrogen (secondary N) is 2. The van der Waals surface area contributed by atoms with Gasteiger partial charge in [0.15, 0.2) is 0 Å². The first-order chi connectivity index (χ1) is 9.31. The zero-order chi connectivity index (χ0) is 15.2. The van der Waals surface area contributed by atoms with Crippen LogP contribution in [0.4, 0.5) is 4.79 Å². The van der Waals surface area contributed by atoms with E-state index >= 15 is 0 Å². The van der Waals surface area contributed by atoms with Gasteiger partial charge in [0.1, 0.15) is 6.61 Å². The highest BCUT2D eigenvalue weighted by atomic mass is 16.2. The Morgan fingerprint density at radius 1 is 1.40 bits per heavy atom. The van der Waals surface area contributed by atoms with Crippen molar-refractivity contribution in [1.82, 2.24) is 10.6 Å². The van der Waals surface area contributed by atoms with E-state index in [1.807, 2.05) is 52.0 Å². The van der Waals surface area contributed by atoms with Gasteiger partial charge in [0.25, 0.3) is 0 Å². The molecule has 20 heavy (non-hydrogen) atoms. The van der Waals surface area contributed by atoms with Gasteiger partial charge in [0.05, 0.1) is 6.04 Å². The highest BCUT2D eigenvalue weighted by Gasteiger charge is 2.15. The molecule has 4 nitrogen and oxygen atoms in total. The Morgan fingerprint density at radius 3 is 2.70 bits per heavy atom. The number of carbonyl (C=O) groups is 1. The minimum atomic E-state index is -0.266. The van der Waals surface area contributed by atoms with E-state index in [-0.39, 0.29) is 24.2 Å². The third-order valence-corrected chi connectivity index (χ3v) is 2.53. The zero-order valence-corrected chi connectivity index (χ0v) is 12.4. The molecule has 0 spiro atoms. The summed E-state index contributed by atoms with van der Waals surface area (Å²) in [4.78, 5) is 11.8. The normalized spacial score (nSPS) is 12.1. The molecule has 1 atom stereocenters. The molecule has 0 aromatic heterocycles. The van der Waals surface area contributed by atoms with Gasteiger partial charge >= 0.3 is 6.03 Å². The van der Waals surface area contributed by atoms with Gasteiger partial charge in [-0.3, -0.25) is 0 Å². The number of aliphatic hydroxyl groups excluding tert-OH is 1. The molecule has 0 heterocycles. The number of amides is 2. The fraction of sp³-hybridized carbons (Fsp3) is 0.438. The molecule has 0 aliphatic rings. The number of aliphatic hydroxyl groups is 1. The molecule has 0 saturated carbocycles. The standard InChI is InChI=1S/C16H22N2O2/c1-12(17-15(20)18-16(2,3)4)14-9-5-7-13(11-14)8-6-10-19/h5,7,9,11-12,19H,10H2,1-4H3,(H2,17,18,20). The van der Waals surface area contributed by atoms with Gasteiger partial charge in [-0.2, -0.15) is 0 Å². The zero-order valence-electron chi connectivity index (χ0n) is 12.4. The van der Waals surface area contributed by atoms with Crippen molar-refractivity contribution in [1.29, 1.82) is 0 Å². The van der Waals surface area contributed by atoms with E-state index in [4.69, 9.17) is 5.11 Å². The van der Waals surface area contributed by atoms with Crippen molar-refractivity contribution in [3.8, 4) is 11.8 Å². The van der Waals surface area contributed by atoms with Crippen molar-refractivity contribution >= 4 is 6.03 Å². The third-order valence-electron chi connectivity index (χ3n) is 2.53. The van der Waals surface area contributed by atoms with Gasteiger partial charge in [0, 0.05) is 11.1 Å². The molecule has 108 valence electrons. The highest BCUT2D eigenvalue weighted by Crippen LogP contribution is 2.14. The van der Waals surface area contributed by atoms with Crippen LogP contribution in [-0.4, -0.2) is 23.3 Å². The van der Waals surface area contributed by atoms with Gasteiger partial charge in [-0.05, 0) is 45.4 Å². The lowest BCUT2D eigenvalue weighted by Crippen LogP contribution is -2.47. The SMILES string of the molecule is CC(NC(=O)NC(C)(C)C)c1cccc(C#CCO)c1. The molecule has 0 fully saturated rings. The molecule has 0 aliphatic carbocycles. The molecule has 0 bridgehead atoms. The monoisotopic (exact) mass is 274 g/mol. The number of carbonyl (C=O) groups excluding carboxylic acids is 1. The number of hydrogen-bond acceptors (Lipinski definition) is 2. The second kappa shape index (κ2) is 6.97. The maximum absolute atomic E-state index is 11.8. The van der Waals surface area contributed by atoms with Crippen molar-refractivity contribution < 1.29 is 9.90 Å². The third kappa shape index (κ3) is 5.77. The van der Waals surface area contributed by atoms with Gasteiger partial charge in [0.2, 0.25) is 0 Å². The first-order valence-corrected chi connectivity index (χ1v) is 6.60. The summed E-state index contributed by atoms with van der Waals surface area (Å²) >= 11 is 0. The Labute approximate surface area is 120 Å². The number of urea groups is 1. The van der Waals surface area contributed by atoms with E-state index in [1.54, 1.807) is 0 Å². The van der Waals surface area contributed by atoms with Crippen LogP contribution >= 0.6 is 0 Å². The number of rotatable bonds is 2. The summed E-state index contributed by atoms with van der Waals surface area (Å²) < 4.78 is 0. The van der Waals surface area contributed by atoms with Crippen LogP contribution < -0.4 is 10.6 Å². The summed E-state index contributed by atoms with van der Waals surface area (Å²) in [5.74, 6) is 5.46. The van der Waals surface area contributed by atoms with Crippen molar-refractivity contribution in [2.45, 2.75) is 39.3 Å². The fourth-order valence-electron chi connectivity index (χ4n) is 1.68. The van der Waals surface area contributed by atoms with Crippen LogP contribution in [0.15, 0.2) is 24.3 Å². The maximum atomic E-state index is 11.8. The Kier molecular flexibility index (Phi) is 5.60. The minimum absolute atomic E-state index is 0.117. The van der Waals surface area contributed by atoms with Crippen LogP contribution in [-0.2, 0) is 0 Å². The van der Waals surface area contributed by atoms with Crippen LogP contribution in [0.2, 0.25) is 0 Å². The van der Waals surface area contributed by atoms with Gasteiger partial charge in [-0.25, -0.2) is 4.79 Å². The molecular weight excluding hydrogens is 252 g/mol. The molecule has 0 aliphatic heterocycles. The number of benzene rings is 1. The predicted molar refractivity (Wildman–Crippen MR) is 80.2 cm³/mol. The summed E-state index contributed by atoms with van der Waals surface area (Å²) in [6, 6.07) is 7.28. The Hall–Kier alpha value is -1.99. The van der Waals surface area contributed by atoms with Gasteiger partial charge in [-0.15, -0.1) is 0 Å². The maximum Gasteiger partial charge on any atom is 0.315 e. The second-order valence-electron chi connectivity index (χ2n) is 5.66. The summed E-state index contributed by atoms with van der Waals surface area (Å²) in [5, 5.41) is 14.4. The van der Waals surface area contributed by atoms with Gasteiger partial charge in [-0.1, -0.05) is 24.0 Å². The topological polar surface area (TPSA) is 61.4 Å². The lowest BCUT2D eigenvalue weighted by atomic mass is 10.1. The predicted octanol–water partition coefficient (Wildman–Crippen LogP) is 2.19. The average molecular weight is 274 g/mol. The largest absolute Gasteiger partial charge is 0.384 e. The number of hydrogen-bond donors (Lipinski definition) is 3. The quantitative estimate of drug-likeness (QED) is 0.724. The molecule has 0 saturated heterocycles. The lowest BCUT2D eigenvalue weighted by Gasteiger charge is -2.23. The molecule has 1 unspecified atom stereocenters. The first kappa shape index (κ1) is 16.1. The Morgan fingerprint density at radius 2 is 2.10 bits per heavy atom.